The van der Waals surface area contributed by atoms with Gasteiger partial charge in [-0.05, 0) is 12.8 Å². The van der Waals surface area contributed by atoms with E-state index in [1.54, 1.807) is 0 Å². The maximum absolute atomic E-state index is 12.0. The number of aliphatic hydroxyl groups is 2. The number of carbonyl (C=O) groups excluding carboxylic acids is 1. The van der Waals surface area contributed by atoms with E-state index in [1.165, 1.54) is 6.20 Å². The second-order valence-electron chi connectivity index (χ2n) is 5.62. The van der Waals surface area contributed by atoms with Crippen molar-refractivity contribution < 1.29 is 19.7 Å². The van der Waals surface area contributed by atoms with Crippen LogP contribution in [0, 0.1) is 5.92 Å². The average molecular weight is 310 g/mol. The maximum atomic E-state index is 12.0. The summed E-state index contributed by atoms with van der Waals surface area (Å²) < 4.78 is 6.26. The molecule has 1 saturated heterocycles. The summed E-state index contributed by atoms with van der Waals surface area (Å²) in [7, 11) is 0. The van der Waals surface area contributed by atoms with E-state index in [0.717, 1.165) is 23.9 Å². The number of aliphatic hydroxyl groups excluding tert-OH is 2. The molecule has 0 aromatic carbocycles. The first kappa shape index (κ1) is 15.1. The van der Waals surface area contributed by atoms with E-state index in [2.05, 4.69) is 15.4 Å². The SMILES string of the molecule is O=C(Nc1cnn([C@@H]2O[C@H](CO)C[C@H]2O)c(=O)n1)C1CCC1. The summed E-state index contributed by atoms with van der Waals surface area (Å²) in [6.07, 6.45) is 1.74. The van der Waals surface area contributed by atoms with Gasteiger partial charge in [-0.15, -0.1) is 0 Å². The lowest BCUT2D eigenvalue weighted by Crippen LogP contribution is -2.35. The Kier molecular flexibility index (Phi) is 4.19. The first-order valence-corrected chi connectivity index (χ1v) is 7.29. The summed E-state index contributed by atoms with van der Waals surface area (Å²) in [6, 6.07) is 0. The number of hydrogen-bond acceptors (Lipinski definition) is 7. The van der Waals surface area contributed by atoms with Crippen LogP contribution < -0.4 is 11.0 Å². The Morgan fingerprint density at radius 1 is 1.50 bits per heavy atom. The average Bonchev–Trinajstić information content (AvgIpc) is 2.78. The lowest BCUT2D eigenvalue weighted by Gasteiger charge is -2.23. The Bertz CT molecular complexity index is 615. The van der Waals surface area contributed by atoms with Crippen molar-refractivity contribution in [3.63, 3.8) is 0 Å². The highest BCUT2D eigenvalue weighted by atomic mass is 16.5. The largest absolute Gasteiger partial charge is 0.394 e. The van der Waals surface area contributed by atoms with E-state index in [1.807, 2.05) is 0 Å². The number of nitrogens with zero attached hydrogens (tertiary/aromatic N) is 3. The highest BCUT2D eigenvalue weighted by molar-refractivity contribution is 5.91. The second-order valence-corrected chi connectivity index (χ2v) is 5.62. The summed E-state index contributed by atoms with van der Waals surface area (Å²) in [5, 5.41) is 25.4. The molecular formula is C13H18N4O5. The fourth-order valence-corrected chi connectivity index (χ4v) is 2.55. The molecule has 120 valence electrons. The topological polar surface area (TPSA) is 127 Å². The first-order chi connectivity index (χ1) is 10.6. The van der Waals surface area contributed by atoms with Crippen LogP contribution in [0.5, 0.6) is 0 Å². The van der Waals surface area contributed by atoms with Crippen molar-refractivity contribution in [1.82, 2.24) is 14.8 Å². The number of carbonyl (C=O) groups is 1. The predicted octanol–water partition coefficient (Wildman–Crippen LogP) is -0.982. The molecule has 0 radical (unpaired) electrons. The van der Waals surface area contributed by atoms with Gasteiger partial charge >= 0.3 is 5.69 Å². The molecule has 3 rings (SSSR count). The molecule has 9 heteroatoms. The summed E-state index contributed by atoms with van der Waals surface area (Å²) in [4.78, 5) is 27.5. The molecule has 1 aliphatic carbocycles. The minimum Gasteiger partial charge on any atom is -0.394 e. The summed E-state index contributed by atoms with van der Waals surface area (Å²) in [5.74, 6) is -0.0888. The van der Waals surface area contributed by atoms with Gasteiger partial charge in [0.05, 0.1) is 18.9 Å². The van der Waals surface area contributed by atoms with Crippen LogP contribution in [0.4, 0.5) is 5.82 Å². The molecule has 0 bridgehead atoms. The van der Waals surface area contributed by atoms with E-state index < -0.39 is 24.1 Å². The molecule has 1 saturated carbocycles. The molecule has 0 spiro atoms. The van der Waals surface area contributed by atoms with Crippen molar-refractivity contribution in [3.05, 3.63) is 16.7 Å². The van der Waals surface area contributed by atoms with Gasteiger partial charge in [0.15, 0.2) is 12.0 Å². The first-order valence-electron chi connectivity index (χ1n) is 7.29. The highest BCUT2D eigenvalue weighted by Crippen LogP contribution is 2.28. The van der Waals surface area contributed by atoms with Crippen molar-refractivity contribution >= 4 is 11.7 Å². The number of hydrogen-bond donors (Lipinski definition) is 3. The smallest absolute Gasteiger partial charge is 0.368 e. The van der Waals surface area contributed by atoms with Crippen LogP contribution in [0.2, 0.25) is 0 Å². The fourth-order valence-electron chi connectivity index (χ4n) is 2.55. The Morgan fingerprint density at radius 3 is 2.82 bits per heavy atom. The Hall–Kier alpha value is -1.84. The molecule has 1 aliphatic heterocycles. The molecule has 2 heterocycles. The van der Waals surface area contributed by atoms with Crippen LogP contribution in [0.15, 0.2) is 11.0 Å². The van der Waals surface area contributed by atoms with Crippen LogP contribution in [-0.2, 0) is 9.53 Å². The molecule has 22 heavy (non-hydrogen) atoms. The lowest BCUT2D eigenvalue weighted by atomic mass is 9.85. The summed E-state index contributed by atoms with van der Waals surface area (Å²) in [5.41, 5.74) is -0.728. The van der Waals surface area contributed by atoms with Gasteiger partial charge in [0.1, 0.15) is 6.10 Å². The molecule has 9 nitrogen and oxygen atoms in total. The van der Waals surface area contributed by atoms with Gasteiger partial charge in [0, 0.05) is 12.3 Å². The number of rotatable bonds is 4. The van der Waals surface area contributed by atoms with Crippen LogP contribution in [0.3, 0.4) is 0 Å². The van der Waals surface area contributed by atoms with E-state index in [9.17, 15) is 14.7 Å². The molecule has 3 atom stereocenters. The van der Waals surface area contributed by atoms with Crippen LogP contribution in [0.1, 0.15) is 31.9 Å². The van der Waals surface area contributed by atoms with E-state index >= 15 is 0 Å². The van der Waals surface area contributed by atoms with Crippen molar-refractivity contribution in [1.29, 1.82) is 0 Å². The Morgan fingerprint density at radius 2 is 2.27 bits per heavy atom. The quantitative estimate of drug-likeness (QED) is 0.652. The molecule has 1 aromatic rings. The van der Waals surface area contributed by atoms with Crippen LogP contribution in [0.25, 0.3) is 0 Å². The minimum atomic E-state index is -0.978. The maximum Gasteiger partial charge on any atom is 0.368 e. The van der Waals surface area contributed by atoms with Gasteiger partial charge in [-0.3, -0.25) is 4.79 Å². The number of ether oxygens (including phenoxy) is 1. The van der Waals surface area contributed by atoms with Gasteiger partial charge in [0.2, 0.25) is 5.91 Å². The monoisotopic (exact) mass is 310 g/mol. The third kappa shape index (κ3) is 2.87. The fraction of sp³-hybridized carbons (Fsp3) is 0.692. The zero-order chi connectivity index (χ0) is 15.7. The second kappa shape index (κ2) is 6.11. The molecule has 0 unspecified atom stereocenters. The zero-order valence-corrected chi connectivity index (χ0v) is 11.9. The van der Waals surface area contributed by atoms with Gasteiger partial charge < -0.3 is 20.3 Å². The Labute approximate surface area is 125 Å². The standard InChI is InChI=1S/C13H18N4O5/c18-6-8-4-9(19)12(22-8)17-13(21)16-10(5-14-17)15-11(20)7-2-1-3-7/h5,7-9,12,18-19H,1-4,6H2,(H,15,16,20,21)/t8-,9+,12+/m0/s1. The predicted molar refractivity (Wildman–Crippen MR) is 73.9 cm³/mol. The highest BCUT2D eigenvalue weighted by Gasteiger charge is 2.36. The molecule has 2 aliphatic rings. The lowest BCUT2D eigenvalue weighted by molar-refractivity contribution is -0.122. The molecule has 2 fully saturated rings. The summed E-state index contributed by atoms with van der Waals surface area (Å²) in [6.45, 7) is -0.245. The number of aromatic nitrogens is 3. The molecule has 1 amide bonds. The van der Waals surface area contributed by atoms with Crippen molar-refractivity contribution in [2.75, 3.05) is 11.9 Å². The van der Waals surface area contributed by atoms with E-state index in [-0.39, 0.29) is 30.7 Å². The number of amides is 1. The number of anilines is 1. The molecular weight excluding hydrogens is 292 g/mol. The third-order valence-electron chi connectivity index (χ3n) is 4.05. The van der Waals surface area contributed by atoms with Crippen LogP contribution >= 0.6 is 0 Å². The van der Waals surface area contributed by atoms with Crippen molar-refractivity contribution in [2.45, 2.75) is 44.1 Å². The molecule has 1 aromatic heterocycles. The molecule has 3 N–H and O–H groups in total. The van der Waals surface area contributed by atoms with Crippen molar-refractivity contribution in [2.24, 2.45) is 5.92 Å². The number of nitrogens with one attached hydrogen (secondary N) is 1. The van der Waals surface area contributed by atoms with Gasteiger partial charge in [0.25, 0.3) is 0 Å². The van der Waals surface area contributed by atoms with Crippen LogP contribution in [-0.4, -0.2) is 49.7 Å². The van der Waals surface area contributed by atoms with Gasteiger partial charge in [-0.2, -0.15) is 14.8 Å². The summed E-state index contributed by atoms with van der Waals surface area (Å²) >= 11 is 0. The van der Waals surface area contributed by atoms with Gasteiger partial charge in [-0.1, -0.05) is 6.42 Å². The van der Waals surface area contributed by atoms with E-state index in [0.29, 0.717) is 0 Å². The minimum absolute atomic E-state index is 0.0190. The van der Waals surface area contributed by atoms with Crippen molar-refractivity contribution in [3.8, 4) is 0 Å². The Balaban J connectivity index is 1.72. The zero-order valence-electron chi connectivity index (χ0n) is 11.9. The normalized spacial score (nSPS) is 28.4. The third-order valence-corrected chi connectivity index (χ3v) is 4.05. The van der Waals surface area contributed by atoms with E-state index in [4.69, 9.17) is 9.84 Å². The van der Waals surface area contributed by atoms with Gasteiger partial charge in [-0.25, -0.2) is 4.79 Å².